The van der Waals surface area contributed by atoms with E-state index in [4.69, 9.17) is 4.42 Å². The van der Waals surface area contributed by atoms with E-state index >= 15 is 0 Å². The molecule has 3 aromatic rings. The molecule has 2 amide bonds. The van der Waals surface area contributed by atoms with Crippen LogP contribution < -0.4 is 10.6 Å². The van der Waals surface area contributed by atoms with Crippen LogP contribution in [0.1, 0.15) is 22.2 Å². The van der Waals surface area contributed by atoms with Crippen LogP contribution in [0.3, 0.4) is 0 Å². The first kappa shape index (κ1) is 22.1. The quantitative estimate of drug-likeness (QED) is 0.441. The Morgan fingerprint density at radius 1 is 1.03 bits per heavy atom. The molecule has 1 aliphatic rings. The number of amides is 2. The van der Waals surface area contributed by atoms with Gasteiger partial charge in [-0.1, -0.05) is 58.4 Å². The maximum Gasteiger partial charge on any atom is 0.437 e. The Labute approximate surface area is 188 Å². The zero-order valence-corrected chi connectivity index (χ0v) is 17.8. The first-order chi connectivity index (χ1) is 15.1. The van der Waals surface area contributed by atoms with Crippen molar-refractivity contribution in [2.45, 2.75) is 17.9 Å². The lowest BCUT2D eigenvalue weighted by atomic mass is 9.79. The van der Waals surface area contributed by atoms with Gasteiger partial charge in [0.25, 0.3) is 0 Å². The van der Waals surface area contributed by atoms with Gasteiger partial charge in [0.1, 0.15) is 23.5 Å². The van der Waals surface area contributed by atoms with Gasteiger partial charge in [0.05, 0.1) is 0 Å². The Morgan fingerprint density at radius 2 is 1.69 bits per heavy atom. The number of carbonyl (C=O) groups excluding carboxylic acids is 2. The third-order valence-corrected chi connectivity index (χ3v) is 5.74. The molecule has 2 heterocycles. The van der Waals surface area contributed by atoms with E-state index in [1.807, 2.05) is 0 Å². The number of furan rings is 1. The highest BCUT2D eigenvalue weighted by molar-refractivity contribution is 9.10. The highest BCUT2D eigenvalue weighted by Crippen LogP contribution is 2.44. The molecule has 2 aromatic carbocycles. The highest BCUT2D eigenvalue weighted by Gasteiger charge is 2.66. The van der Waals surface area contributed by atoms with Crippen LogP contribution in [0.2, 0.25) is 0 Å². The minimum absolute atomic E-state index is 0.0530. The van der Waals surface area contributed by atoms with Crippen molar-refractivity contribution in [3.63, 3.8) is 0 Å². The van der Waals surface area contributed by atoms with Crippen molar-refractivity contribution in [1.82, 2.24) is 10.6 Å². The number of halogens is 4. The molecule has 1 aromatic heterocycles. The standard InChI is InChI=1S/C22H16BrF3N2O4/c23-14-8-6-12(7-9-14)15-10-11-16(32-15)18-17(19(29)13-4-2-1-3-5-13)21(31,22(24,25)26)28-20(30)27-18/h1-11,17-18,31H,(H2,27,28,30)/t17-,18+,21-/m0/s1. The molecular weight excluding hydrogens is 493 g/mol. The van der Waals surface area contributed by atoms with Crippen LogP contribution in [-0.2, 0) is 0 Å². The fourth-order valence-corrected chi connectivity index (χ4v) is 3.91. The van der Waals surface area contributed by atoms with Crippen LogP contribution in [0.25, 0.3) is 11.3 Å². The second-order valence-electron chi connectivity index (χ2n) is 7.26. The maximum absolute atomic E-state index is 13.9. The summed E-state index contributed by atoms with van der Waals surface area (Å²) < 4.78 is 48.4. The predicted molar refractivity (Wildman–Crippen MR) is 112 cm³/mol. The van der Waals surface area contributed by atoms with Crippen molar-refractivity contribution < 1.29 is 32.3 Å². The van der Waals surface area contributed by atoms with Gasteiger partial charge in [-0.3, -0.25) is 4.79 Å². The topological polar surface area (TPSA) is 91.6 Å². The van der Waals surface area contributed by atoms with Crippen molar-refractivity contribution >= 4 is 27.7 Å². The number of carbonyl (C=O) groups is 2. The van der Waals surface area contributed by atoms with Gasteiger partial charge in [-0.05, 0) is 24.3 Å². The molecule has 1 fully saturated rings. The molecule has 0 bridgehead atoms. The number of nitrogens with one attached hydrogen (secondary N) is 2. The van der Waals surface area contributed by atoms with Gasteiger partial charge >= 0.3 is 12.2 Å². The van der Waals surface area contributed by atoms with Crippen LogP contribution in [0.15, 0.2) is 75.6 Å². The van der Waals surface area contributed by atoms with E-state index in [2.05, 4.69) is 21.2 Å². The normalized spacial score (nSPS) is 23.3. The number of rotatable bonds is 4. The molecule has 10 heteroatoms. The predicted octanol–water partition coefficient (Wildman–Crippen LogP) is 4.81. The summed E-state index contributed by atoms with van der Waals surface area (Å²) in [5, 5.41) is 14.4. The molecule has 0 spiro atoms. The number of hydrogen-bond acceptors (Lipinski definition) is 4. The molecule has 1 aliphatic heterocycles. The number of alkyl halides is 3. The van der Waals surface area contributed by atoms with E-state index in [1.54, 1.807) is 30.3 Å². The summed E-state index contributed by atoms with van der Waals surface area (Å²) in [6.45, 7) is 0. The zero-order chi connectivity index (χ0) is 23.1. The average molecular weight is 509 g/mol. The Morgan fingerprint density at radius 3 is 2.31 bits per heavy atom. The summed E-state index contributed by atoms with van der Waals surface area (Å²) in [6, 6.07) is 14.2. The lowest BCUT2D eigenvalue weighted by Gasteiger charge is -2.44. The molecular formula is C22H16BrF3N2O4. The number of benzene rings is 2. The molecule has 3 N–H and O–H groups in total. The monoisotopic (exact) mass is 508 g/mol. The molecule has 0 aliphatic carbocycles. The molecule has 3 atom stereocenters. The van der Waals surface area contributed by atoms with Gasteiger partial charge in [-0.25, -0.2) is 4.79 Å². The molecule has 4 rings (SSSR count). The number of urea groups is 1. The Bertz CT molecular complexity index is 1150. The third kappa shape index (κ3) is 3.91. The van der Waals surface area contributed by atoms with E-state index in [9.17, 15) is 27.9 Å². The largest absolute Gasteiger partial charge is 0.459 e. The van der Waals surface area contributed by atoms with Crippen LogP contribution in [0.5, 0.6) is 0 Å². The van der Waals surface area contributed by atoms with Crippen molar-refractivity contribution in [2.24, 2.45) is 5.92 Å². The van der Waals surface area contributed by atoms with Crippen molar-refractivity contribution in [3.05, 3.63) is 82.5 Å². The molecule has 0 radical (unpaired) electrons. The highest BCUT2D eigenvalue weighted by atomic mass is 79.9. The van der Waals surface area contributed by atoms with Crippen molar-refractivity contribution in [3.8, 4) is 11.3 Å². The lowest BCUT2D eigenvalue weighted by molar-refractivity contribution is -0.288. The summed E-state index contributed by atoms with van der Waals surface area (Å²) >= 11 is 3.31. The van der Waals surface area contributed by atoms with E-state index in [1.165, 1.54) is 41.7 Å². The molecule has 0 unspecified atom stereocenters. The van der Waals surface area contributed by atoms with Crippen molar-refractivity contribution in [2.75, 3.05) is 0 Å². The number of ketones is 1. The lowest BCUT2D eigenvalue weighted by Crippen LogP contribution is -2.72. The molecule has 32 heavy (non-hydrogen) atoms. The van der Waals surface area contributed by atoms with E-state index < -0.39 is 35.7 Å². The van der Waals surface area contributed by atoms with Gasteiger partial charge in [0.15, 0.2) is 5.78 Å². The smallest absolute Gasteiger partial charge is 0.437 e. The SMILES string of the molecule is O=C1N[C@H](c2ccc(-c3ccc(Br)cc3)o2)[C@@H](C(=O)c2ccccc2)[C@](O)(C(F)(F)F)N1. The summed E-state index contributed by atoms with van der Waals surface area (Å²) in [6.07, 6.45) is -5.33. The zero-order valence-electron chi connectivity index (χ0n) is 16.2. The molecule has 166 valence electrons. The first-order valence-corrected chi connectivity index (χ1v) is 10.2. The van der Waals surface area contributed by atoms with Crippen LogP contribution in [0, 0.1) is 5.92 Å². The van der Waals surface area contributed by atoms with Crippen LogP contribution in [0.4, 0.5) is 18.0 Å². The summed E-state index contributed by atoms with van der Waals surface area (Å²) in [5.41, 5.74) is -3.23. The van der Waals surface area contributed by atoms with E-state index in [0.29, 0.717) is 11.3 Å². The second kappa shape index (κ2) is 8.10. The Balaban J connectivity index is 1.80. The Hall–Kier alpha value is -3.11. The molecule has 6 nitrogen and oxygen atoms in total. The first-order valence-electron chi connectivity index (χ1n) is 9.43. The minimum atomic E-state index is -5.33. The fraction of sp³-hybridized carbons (Fsp3) is 0.182. The molecule has 1 saturated heterocycles. The van der Waals surface area contributed by atoms with Gasteiger partial charge < -0.3 is 20.2 Å². The summed E-state index contributed by atoms with van der Waals surface area (Å²) in [7, 11) is 0. The molecule has 0 saturated carbocycles. The minimum Gasteiger partial charge on any atom is -0.459 e. The van der Waals surface area contributed by atoms with E-state index in [-0.39, 0.29) is 11.3 Å². The van der Waals surface area contributed by atoms with Crippen molar-refractivity contribution in [1.29, 1.82) is 0 Å². The average Bonchev–Trinajstić information content (AvgIpc) is 3.23. The number of hydrogen-bond donors (Lipinski definition) is 3. The van der Waals surface area contributed by atoms with Gasteiger partial charge in [0, 0.05) is 15.6 Å². The number of Topliss-reactive ketones (excluding diaryl/α,β-unsaturated/α-hetero) is 1. The van der Waals surface area contributed by atoms with Gasteiger partial charge in [-0.15, -0.1) is 0 Å². The van der Waals surface area contributed by atoms with E-state index in [0.717, 1.165) is 4.47 Å². The summed E-state index contributed by atoms with van der Waals surface area (Å²) in [4.78, 5) is 25.3. The maximum atomic E-state index is 13.9. The van der Waals surface area contributed by atoms with Crippen LogP contribution in [-0.4, -0.2) is 28.8 Å². The third-order valence-electron chi connectivity index (χ3n) is 5.21. The van der Waals surface area contributed by atoms with Crippen LogP contribution >= 0.6 is 15.9 Å². The Kier molecular flexibility index (Phi) is 5.59. The van der Waals surface area contributed by atoms with Gasteiger partial charge in [-0.2, -0.15) is 13.2 Å². The van der Waals surface area contributed by atoms with Gasteiger partial charge in [0.2, 0.25) is 5.72 Å². The summed E-state index contributed by atoms with van der Waals surface area (Å²) in [5.74, 6) is -2.94. The fourth-order valence-electron chi connectivity index (χ4n) is 3.65. The number of aliphatic hydroxyl groups is 1. The second-order valence-corrected chi connectivity index (χ2v) is 8.17.